The summed E-state index contributed by atoms with van der Waals surface area (Å²) in [6.07, 6.45) is 5.56. The lowest BCUT2D eigenvalue weighted by atomic mass is 9.67. The SMILES string of the molecule is CC(=N[S+]([O-])C(C)(C)C)C1(c2ccc(Cl)c(Cl)c2)CCCCC1. The monoisotopic (exact) mass is 373 g/mol. The molecule has 23 heavy (non-hydrogen) atoms. The van der Waals surface area contributed by atoms with E-state index in [1.165, 1.54) is 6.42 Å². The molecule has 1 aromatic rings. The highest BCUT2D eigenvalue weighted by atomic mass is 35.5. The van der Waals surface area contributed by atoms with E-state index in [0.717, 1.165) is 37.0 Å². The Morgan fingerprint density at radius 2 is 1.74 bits per heavy atom. The summed E-state index contributed by atoms with van der Waals surface area (Å²) in [4.78, 5) is 0. The van der Waals surface area contributed by atoms with Crippen LogP contribution >= 0.6 is 23.2 Å². The molecule has 1 saturated carbocycles. The maximum atomic E-state index is 12.5. The van der Waals surface area contributed by atoms with Gasteiger partial charge in [-0.2, -0.15) is 0 Å². The first kappa shape index (κ1) is 19.1. The fourth-order valence-electron chi connectivity index (χ4n) is 3.16. The van der Waals surface area contributed by atoms with Gasteiger partial charge in [-0.25, -0.2) is 0 Å². The van der Waals surface area contributed by atoms with Crippen molar-refractivity contribution in [1.29, 1.82) is 0 Å². The van der Waals surface area contributed by atoms with Crippen molar-refractivity contribution in [2.75, 3.05) is 0 Å². The van der Waals surface area contributed by atoms with Crippen molar-refractivity contribution in [2.24, 2.45) is 4.40 Å². The minimum absolute atomic E-state index is 0.173. The van der Waals surface area contributed by atoms with Crippen LogP contribution in [0.2, 0.25) is 10.0 Å². The number of benzene rings is 1. The molecule has 0 aromatic heterocycles. The topological polar surface area (TPSA) is 35.4 Å². The molecule has 0 radical (unpaired) electrons. The van der Waals surface area contributed by atoms with Crippen LogP contribution in [0.4, 0.5) is 0 Å². The van der Waals surface area contributed by atoms with E-state index in [4.69, 9.17) is 23.2 Å². The van der Waals surface area contributed by atoms with Gasteiger partial charge < -0.3 is 4.55 Å². The van der Waals surface area contributed by atoms with E-state index in [2.05, 4.69) is 4.40 Å². The summed E-state index contributed by atoms with van der Waals surface area (Å²) in [6, 6.07) is 5.84. The van der Waals surface area contributed by atoms with Crippen LogP contribution in [0.5, 0.6) is 0 Å². The van der Waals surface area contributed by atoms with Crippen LogP contribution in [0, 0.1) is 0 Å². The van der Waals surface area contributed by atoms with E-state index in [-0.39, 0.29) is 10.2 Å². The lowest BCUT2D eigenvalue weighted by Crippen LogP contribution is -2.38. The molecule has 1 aliphatic carbocycles. The largest absolute Gasteiger partial charge is 0.591 e. The van der Waals surface area contributed by atoms with Crippen LogP contribution < -0.4 is 0 Å². The Morgan fingerprint density at radius 3 is 2.26 bits per heavy atom. The van der Waals surface area contributed by atoms with E-state index in [1.54, 1.807) is 0 Å². The van der Waals surface area contributed by atoms with Crippen molar-refractivity contribution in [1.82, 2.24) is 0 Å². The number of rotatable bonds is 3. The molecule has 0 N–H and O–H groups in total. The lowest BCUT2D eigenvalue weighted by molar-refractivity contribution is 0.379. The molecule has 1 atom stereocenters. The predicted octanol–water partition coefficient (Wildman–Crippen LogP) is 6.12. The zero-order valence-electron chi connectivity index (χ0n) is 14.3. The molecular formula is C18H25Cl2NOS. The normalized spacial score (nSPS) is 20.4. The number of hydrogen-bond acceptors (Lipinski definition) is 2. The molecule has 0 aliphatic heterocycles. The summed E-state index contributed by atoms with van der Waals surface area (Å²) in [7, 11) is 0. The molecule has 1 aliphatic rings. The van der Waals surface area contributed by atoms with Crippen molar-refractivity contribution in [2.45, 2.75) is 70.0 Å². The van der Waals surface area contributed by atoms with Crippen LogP contribution in [-0.2, 0) is 16.8 Å². The highest BCUT2D eigenvalue weighted by Crippen LogP contribution is 2.43. The maximum absolute atomic E-state index is 12.5. The quantitative estimate of drug-likeness (QED) is 0.464. The molecule has 2 nitrogen and oxygen atoms in total. The Balaban J connectivity index is 2.47. The Labute approximate surface area is 153 Å². The third-order valence-corrected chi connectivity index (χ3v) is 6.84. The molecule has 128 valence electrons. The zero-order valence-corrected chi connectivity index (χ0v) is 16.6. The van der Waals surface area contributed by atoms with Crippen LogP contribution in [0.15, 0.2) is 22.6 Å². The number of halogens is 2. The second-order valence-corrected chi connectivity index (χ2v) is 10.0. The highest BCUT2D eigenvalue weighted by Gasteiger charge is 2.39. The fourth-order valence-corrected chi connectivity index (χ4v) is 4.15. The standard InChI is InChI=1S/C18H25Cl2NOS/c1-13(21-23(22)17(2,3)4)18(10-6-5-7-11-18)14-8-9-15(19)16(20)12-14/h8-9,12H,5-7,10-11H2,1-4H3. The second-order valence-electron chi connectivity index (χ2n) is 7.31. The van der Waals surface area contributed by atoms with Crippen molar-refractivity contribution in [3.05, 3.63) is 33.8 Å². The van der Waals surface area contributed by atoms with Gasteiger partial charge in [-0.3, -0.25) is 0 Å². The van der Waals surface area contributed by atoms with Gasteiger partial charge in [0, 0.05) is 5.41 Å². The minimum Gasteiger partial charge on any atom is -0.591 e. The van der Waals surface area contributed by atoms with Crippen molar-refractivity contribution in [3.63, 3.8) is 0 Å². The number of hydrogen-bond donors (Lipinski definition) is 0. The third kappa shape index (κ3) is 4.25. The smallest absolute Gasteiger partial charge is 0.144 e. The molecule has 2 rings (SSSR count). The molecule has 0 saturated heterocycles. The molecule has 0 bridgehead atoms. The van der Waals surface area contributed by atoms with Gasteiger partial charge in [0.1, 0.15) is 16.1 Å². The Bertz CT molecular complexity index is 589. The van der Waals surface area contributed by atoms with E-state index in [9.17, 15) is 4.55 Å². The van der Waals surface area contributed by atoms with Gasteiger partial charge >= 0.3 is 0 Å². The van der Waals surface area contributed by atoms with Crippen LogP contribution in [0.1, 0.15) is 65.4 Å². The van der Waals surface area contributed by atoms with Gasteiger partial charge in [-0.05, 0) is 58.2 Å². The predicted molar refractivity (Wildman–Crippen MR) is 102 cm³/mol. The highest BCUT2D eigenvalue weighted by molar-refractivity contribution is 7.91. The molecule has 0 spiro atoms. The van der Waals surface area contributed by atoms with Gasteiger partial charge in [0.05, 0.1) is 15.8 Å². The van der Waals surface area contributed by atoms with Crippen LogP contribution in [0.3, 0.4) is 0 Å². The summed E-state index contributed by atoms with van der Waals surface area (Å²) in [6.45, 7) is 7.86. The van der Waals surface area contributed by atoms with Crippen molar-refractivity contribution >= 4 is 40.3 Å². The first-order valence-electron chi connectivity index (χ1n) is 8.10. The summed E-state index contributed by atoms with van der Waals surface area (Å²) < 4.78 is 16.7. The Kier molecular flexibility index (Phi) is 6.10. The zero-order chi connectivity index (χ0) is 17.3. The van der Waals surface area contributed by atoms with Gasteiger partial charge in [-0.15, -0.1) is 0 Å². The molecule has 1 aromatic carbocycles. The summed E-state index contributed by atoms with van der Waals surface area (Å²) in [5.74, 6) is 0. The lowest BCUT2D eigenvalue weighted by Gasteiger charge is -2.38. The van der Waals surface area contributed by atoms with E-state index < -0.39 is 11.4 Å². The van der Waals surface area contributed by atoms with Gasteiger partial charge in [0.15, 0.2) is 0 Å². The second kappa shape index (κ2) is 7.35. The average molecular weight is 374 g/mol. The molecule has 0 amide bonds. The van der Waals surface area contributed by atoms with Gasteiger partial charge in [0.2, 0.25) is 0 Å². The maximum Gasteiger partial charge on any atom is 0.144 e. The van der Waals surface area contributed by atoms with Gasteiger partial charge in [-0.1, -0.05) is 52.9 Å². The summed E-state index contributed by atoms with van der Waals surface area (Å²) >= 11 is 11.1. The molecular weight excluding hydrogens is 349 g/mol. The van der Waals surface area contributed by atoms with Crippen molar-refractivity contribution < 1.29 is 4.55 Å². The first-order chi connectivity index (χ1) is 10.7. The Morgan fingerprint density at radius 1 is 1.13 bits per heavy atom. The summed E-state index contributed by atoms with van der Waals surface area (Å²) in [5.41, 5.74) is 1.91. The average Bonchev–Trinajstić information content (AvgIpc) is 2.49. The summed E-state index contributed by atoms with van der Waals surface area (Å²) in [5, 5.41) is 1.13. The molecule has 1 unspecified atom stereocenters. The third-order valence-electron chi connectivity index (χ3n) is 4.62. The van der Waals surface area contributed by atoms with E-state index in [1.807, 2.05) is 45.9 Å². The van der Waals surface area contributed by atoms with Crippen molar-refractivity contribution in [3.8, 4) is 0 Å². The molecule has 0 heterocycles. The Hall–Kier alpha value is -0.220. The van der Waals surface area contributed by atoms with E-state index in [0.29, 0.717) is 10.0 Å². The molecule has 1 fully saturated rings. The minimum atomic E-state index is -1.25. The van der Waals surface area contributed by atoms with Crippen LogP contribution in [0.25, 0.3) is 0 Å². The van der Waals surface area contributed by atoms with E-state index >= 15 is 0 Å². The van der Waals surface area contributed by atoms with Crippen LogP contribution in [-0.4, -0.2) is 15.0 Å². The first-order valence-corrected chi connectivity index (χ1v) is 9.96. The number of nitrogens with zero attached hydrogens (tertiary/aromatic N) is 1. The molecule has 5 heteroatoms. The fraction of sp³-hybridized carbons (Fsp3) is 0.611. The van der Waals surface area contributed by atoms with Gasteiger partial charge in [0.25, 0.3) is 0 Å².